The van der Waals surface area contributed by atoms with Gasteiger partial charge in [-0.3, -0.25) is 4.99 Å². The fourth-order valence-electron chi connectivity index (χ4n) is 1.35. The zero-order valence-electron chi connectivity index (χ0n) is 8.82. The van der Waals surface area contributed by atoms with Gasteiger partial charge in [0.25, 0.3) is 0 Å². The second kappa shape index (κ2) is 7.04. The largest absolute Gasteiger partial charge is 2.00 e. The van der Waals surface area contributed by atoms with Crippen LogP contribution in [0.2, 0.25) is 0 Å². The van der Waals surface area contributed by atoms with Gasteiger partial charge in [0, 0.05) is 0 Å². The van der Waals surface area contributed by atoms with Crippen LogP contribution in [0.25, 0.3) is 0 Å². The molecular formula is C13H13FeNO. The van der Waals surface area contributed by atoms with Gasteiger partial charge in [-0.15, -0.1) is 0 Å². The van der Waals surface area contributed by atoms with Gasteiger partial charge in [0.15, 0.2) is 5.90 Å². The van der Waals surface area contributed by atoms with Crippen LogP contribution in [0.5, 0.6) is 0 Å². The Morgan fingerprint density at radius 1 is 1.12 bits per heavy atom. The Bertz CT molecular complexity index is 372. The molecule has 0 saturated carbocycles. The van der Waals surface area contributed by atoms with Gasteiger partial charge in [-0.1, -0.05) is 5.56 Å². The molecule has 3 rings (SSSR count). The Labute approximate surface area is 106 Å². The molecule has 0 aliphatic carbocycles. The van der Waals surface area contributed by atoms with Gasteiger partial charge in [0.1, 0.15) is 6.61 Å². The van der Waals surface area contributed by atoms with E-state index in [4.69, 9.17) is 4.74 Å². The summed E-state index contributed by atoms with van der Waals surface area (Å²) >= 11 is 0. The number of hydrogen-bond donors (Lipinski definition) is 0. The average Bonchev–Trinajstić information content (AvgIpc) is 3.06. The minimum atomic E-state index is 0. The maximum Gasteiger partial charge on any atom is 2.00 e. The smallest absolute Gasteiger partial charge is 0.485 e. The van der Waals surface area contributed by atoms with E-state index in [9.17, 15) is 0 Å². The Morgan fingerprint density at radius 2 is 1.81 bits per heavy atom. The van der Waals surface area contributed by atoms with Crippen molar-refractivity contribution in [3.63, 3.8) is 0 Å². The molecule has 16 heavy (non-hydrogen) atoms. The van der Waals surface area contributed by atoms with E-state index in [1.165, 1.54) is 0 Å². The summed E-state index contributed by atoms with van der Waals surface area (Å²) < 4.78 is 5.25. The van der Waals surface area contributed by atoms with Crippen LogP contribution in [0.1, 0.15) is 5.56 Å². The molecule has 2 nitrogen and oxygen atoms in total. The molecule has 3 heteroatoms. The zero-order chi connectivity index (χ0) is 10.3. The summed E-state index contributed by atoms with van der Waals surface area (Å²) in [4.78, 5) is 4.17. The maximum atomic E-state index is 5.25. The summed E-state index contributed by atoms with van der Waals surface area (Å²) in [6.07, 6.45) is 0. The average molecular weight is 255 g/mol. The van der Waals surface area contributed by atoms with Crippen LogP contribution < -0.4 is 0 Å². The Kier molecular flexibility index (Phi) is 5.62. The van der Waals surface area contributed by atoms with Gasteiger partial charge in [-0.25, -0.2) is 24.3 Å². The monoisotopic (exact) mass is 255 g/mol. The van der Waals surface area contributed by atoms with Crippen molar-refractivity contribution < 1.29 is 21.8 Å². The van der Waals surface area contributed by atoms with E-state index in [0.29, 0.717) is 0 Å². The van der Waals surface area contributed by atoms with Crippen LogP contribution in [0.3, 0.4) is 0 Å². The molecule has 1 aliphatic rings. The molecule has 1 heterocycles. The van der Waals surface area contributed by atoms with Gasteiger partial charge >= 0.3 is 17.1 Å². The van der Waals surface area contributed by atoms with Crippen LogP contribution in [0.15, 0.2) is 59.6 Å². The summed E-state index contributed by atoms with van der Waals surface area (Å²) in [6, 6.07) is 18.0. The van der Waals surface area contributed by atoms with Crippen molar-refractivity contribution in [3.8, 4) is 0 Å². The van der Waals surface area contributed by atoms with Crippen LogP contribution in [-0.2, 0) is 21.8 Å². The molecule has 0 unspecified atom stereocenters. The number of aliphatic imine (C=N–C) groups is 1. The Hall–Kier alpha value is -1.31. The topological polar surface area (TPSA) is 21.6 Å². The zero-order valence-corrected chi connectivity index (χ0v) is 9.92. The second-order valence-corrected chi connectivity index (χ2v) is 3.17. The SMILES string of the molecule is [Fe+2].c1cc[c-](C2=NCCO2)c1.c1cc[cH-]c1. The fraction of sp³-hybridized carbons (Fsp3) is 0.154. The summed E-state index contributed by atoms with van der Waals surface area (Å²) in [7, 11) is 0. The molecule has 0 radical (unpaired) electrons. The van der Waals surface area contributed by atoms with E-state index in [1.807, 2.05) is 54.6 Å². The summed E-state index contributed by atoms with van der Waals surface area (Å²) in [5, 5.41) is 0. The molecule has 1 aliphatic heterocycles. The number of rotatable bonds is 1. The van der Waals surface area contributed by atoms with Gasteiger partial charge in [-0.05, 0) is 0 Å². The van der Waals surface area contributed by atoms with E-state index in [2.05, 4.69) is 4.99 Å². The molecule has 0 amide bonds. The molecule has 0 N–H and O–H groups in total. The number of hydrogen-bond acceptors (Lipinski definition) is 2. The van der Waals surface area contributed by atoms with Gasteiger partial charge < -0.3 is 4.74 Å². The third-order valence-corrected chi connectivity index (χ3v) is 2.05. The third kappa shape index (κ3) is 3.69. The quantitative estimate of drug-likeness (QED) is 0.567. The molecule has 0 aromatic heterocycles. The van der Waals surface area contributed by atoms with Gasteiger partial charge in [0.05, 0.1) is 6.54 Å². The first-order chi connectivity index (χ1) is 7.47. The molecule has 0 bridgehead atoms. The predicted molar refractivity (Wildman–Crippen MR) is 61.4 cm³/mol. The Balaban J connectivity index is 0.000000183. The molecule has 2 aromatic rings. The van der Waals surface area contributed by atoms with Crippen molar-refractivity contribution in [2.45, 2.75) is 0 Å². The number of ether oxygens (including phenoxy) is 1. The molecular weight excluding hydrogens is 242 g/mol. The van der Waals surface area contributed by atoms with Crippen LogP contribution >= 0.6 is 0 Å². The van der Waals surface area contributed by atoms with Crippen molar-refractivity contribution in [2.24, 2.45) is 4.99 Å². The van der Waals surface area contributed by atoms with E-state index >= 15 is 0 Å². The third-order valence-electron chi connectivity index (χ3n) is 2.05. The normalized spacial score (nSPS) is 12.9. The standard InChI is InChI=1S/C8H8NO.C5H5.Fe/c1-2-4-7(3-1)8-9-5-6-10-8;1-2-4-5-3-1;/h1-4H,5-6H2;1-5H;/q2*-1;+2. The van der Waals surface area contributed by atoms with E-state index in [0.717, 1.165) is 24.6 Å². The van der Waals surface area contributed by atoms with Crippen molar-refractivity contribution >= 4 is 5.90 Å². The van der Waals surface area contributed by atoms with Gasteiger partial charge in [0.2, 0.25) is 0 Å². The minimum Gasteiger partial charge on any atom is -0.485 e. The van der Waals surface area contributed by atoms with Crippen molar-refractivity contribution in [3.05, 3.63) is 60.2 Å². The van der Waals surface area contributed by atoms with Gasteiger partial charge in [-0.2, -0.15) is 30.3 Å². The molecule has 0 fully saturated rings. The maximum absolute atomic E-state index is 5.25. The van der Waals surface area contributed by atoms with Crippen LogP contribution in [0.4, 0.5) is 0 Å². The molecule has 0 spiro atoms. The minimum absolute atomic E-state index is 0. The predicted octanol–water partition coefficient (Wildman–Crippen LogP) is 2.59. The molecule has 84 valence electrons. The van der Waals surface area contributed by atoms with Crippen molar-refractivity contribution in [1.29, 1.82) is 0 Å². The number of nitrogens with zero attached hydrogens (tertiary/aromatic N) is 1. The van der Waals surface area contributed by atoms with E-state index < -0.39 is 0 Å². The molecule has 0 saturated heterocycles. The first-order valence-electron chi connectivity index (χ1n) is 5.03. The van der Waals surface area contributed by atoms with Crippen LogP contribution in [0, 0.1) is 0 Å². The van der Waals surface area contributed by atoms with E-state index in [-0.39, 0.29) is 17.1 Å². The molecule has 2 aromatic carbocycles. The first kappa shape index (κ1) is 12.8. The second-order valence-electron chi connectivity index (χ2n) is 3.17. The first-order valence-corrected chi connectivity index (χ1v) is 5.03. The van der Waals surface area contributed by atoms with Crippen molar-refractivity contribution in [2.75, 3.05) is 13.2 Å². The van der Waals surface area contributed by atoms with E-state index in [1.54, 1.807) is 0 Å². The summed E-state index contributed by atoms with van der Waals surface area (Å²) in [5.74, 6) is 0.796. The van der Waals surface area contributed by atoms with Crippen LogP contribution in [-0.4, -0.2) is 19.0 Å². The fourth-order valence-corrected chi connectivity index (χ4v) is 1.35. The Morgan fingerprint density at radius 3 is 2.25 bits per heavy atom. The summed E-state index contributed by atoms with van der Waals surface area (Å²) in [5.41, 5.74) is 1.09. The van der Waals surface area contributed by atoms with Crippen molar-refractivity contribution in [1.82, 2.24) is 0 Å². The summed E-state index contributed by atoms with van der Waals surface area (Å²) in [6.45, 7) is 1.54. The molecule has 0 atom stereocenters.